The van der Waals surface area contributed by atoms with E-state index in [-0.39, 0.29) is 10.6 Å². The Balaban J connectivity index is 1.93. The van der Waals surface area contributed by atoms with Crippen LogP contribution in [0.5, 0.6) is 0 Å². The second kappa shape index (κ2) is 7.04. The van der Waals surface area contributed by atoms with Crippen LogP contribution in [0.4, 0.5) is 11.4 Å². The molecule has 2 rings (SSSR count). The Kier molecular flexibility index (Phi) is 5.37. The van der Waals surface area contributed by atoms with Crippen molar-refractivity contribution in [2.45, 2.75) is 19.8 Å². The van der Waals surface area contributed by atoms with Gasteiger partial charge in [-0.3, -0.25) is 10.1 Å². The molecule has 0 spiro atoms. The van der Waals surface area contributed by atoms with Gasteiger partial charge in [0.25, 0.3) is 5.69 Å². The number of hydrogen-bond donors (Lipinski definition) is 1. The van der Waals surface area contributed by atoms with Gasteiger partial charge in [-0.2, -0.15) is 0 Å². The molecule has 20 heavy (non-hydrogen) atoms. The molecule has 0 amide bonds. The van der Waals surface area contributed by atoms with Crippen LogP contribution in [-0.4, -0.2) is 36.0 Å². The summed E-state index contributed by atoms with van der Waals surface area (Å²) in [4.78, 5) is 13.1. The van der Waals surface area contributed by atoms with Crippen LogP contribution in [0, 0.1) is 16.0 Å². The average molecular weight is 342 g/mol. The number of rotatable bonds is 5. The second-order valence-corrected chi connectivity index (χ2v) is 6.09. The smallest absolute Gasteiger partial charge is 0.293 e. The van der Waals surface area contributed by atoms with Gasteiger partial charge in [0.1, 0.15) is 5.69 Å². The van der Waals surface area contributed by atoms with E-state index in [1.165, 1.54) is 0 Å². The van der Waals surface area contributed by atoms with Gasteiger partial charge in [0, 0.05) is 17.1 Å². The third kappa shape index (κ3) is 3.93. The molecule has 5 nitrogen and oxygen atoms in total. The first-order valence-corrected chi connectivity index (χ1v) is 7.79. The molecule has 1 heterocycles. The Morgan fingerprint density at radius 2 is 2.15 bits per heavy atom. The maximum absolute atomic E-state index is 11.0. The predicted octanol–water partition coefficient (Wildman–Crippen LogP) is 3.50. The lowest BCUT2D eigenvalue weighted by atomic mass is 9.97. The summed E-state index contributed by atoms with van der Waals surface area (Å²) < 4.78 is 0.728. The van der Waals surface area contributed by atoms with Gasteiger partial charge in [0.05, 0.1) is 4.92 Å². The highest BCUT2D eigenvalue weighted by Crippen LogP contribution is 2.28. The van der Waals surface area contributed by atoms with E-state index in [4.69, 9.17) is 0 Å². The first kappa shape index (κ1) is 15.3. The lowest BCUT2D eigenvalue weighted by molar-refractivity contribution is -0.384. The van der Waals surface area contributed by atoms with E-state index in [0.29, 0.717) is 11.6 Å². The zero-order chi connectivity index (χ0) is 14.5. The SMILES string of the molecule is CCN1CCC(CNc2ccc(Br)cc2[N+](=O)[O-])CC1. The van der Waals surface area contributed by atoms with Crippen LogP contribution in [-0.2, 0) is 0 Å². The first-order valence-electron chi connectivity index (χ1n) is 7.00. The number of nitro groups is 1. The zero-order valence-corrected chi connectivity index (χ0v) is 13.2. The summed E-state index contributed by atoms with van der Waals surface area (Å²) in [6, 6.07) is 5.14. The number of likely N-dealkylation sites (tertiary alicyclic amines) is 1. The molecule has 0 radical (unpaired) electrons. The summed E-state index contributed by atoms with van der Waals surface area (Å²) in [6.07, 6.45) is 2.32. The number of nitrogens with zero attached hydrogens (tertiary/aromatic N) is 2. The second-order valence-electron chi connectivity index (χ2n) is 5.18. The number of nitrogens with one attached hydrogen (secondary N) is 1. The van der Waals surface area contributed by atoms with Crippen LogP contribution in [0.25, 0.3) is 0 Å². The fourth-order valence-corrected chi connectivity index (χ4v) is 2.92. The molecule has 1 N–H and O–H groups in total. The average Bonchev–Trinajstić information content (AvgIpc) is 2.46. The van der Waals surface area contributed by atoms with E-state index in [1.54, 1.807) is 12.1 Å². The molecule has 0 unspecified atom stereocenters. The summed E-state index contributed by atoms with van der Waals surface area (Å²) in [7, 11) is 0. The highest BCUT2D eigenvalue weighted by molar-refractivity contribution is 9.10. The van der Waals surface area contributed by atoms with E-state index < -0.39 is 0 Å². The fourth-order valence-electron chi connectivity index (χ4n) is 2.57. The molecule has 1 aliphatic heterocycles. The summed E-state index contributed by atoms with van der Waals surface area (Å²) in [6.45, 7) is 6.36. The van der Waals surface area contributed by atoms with Gasteiger partial charge in [-0.15, -0.1) is 0 Å². The monoisotopic (exact) mass is 341 g/mol. The van der Waals surface area contributed by atoms with Crippen molar-refractivity contribution in [3.05, 3.63) is 32.8 Å². The van der Waals surface area contributed by atoms with Gasteiger partial charge >= 0.3 is 0 Å². The molecule has 1 aromatic rings. The van der Waals surface area contributed by atoms with Crippen molar-refractivity contribution >= 4 is 27.3 Å². The Morgan fingerprint density at radius 3 is 2.75 bits per heavy atom. The topological polar surface area (TPSA) is 58.4 Å². The Morgan fingerprint density at radius 1 is 1.45 bits per heavy atom. The van der Waals surface area contributed by atoms with Crippen LogP contribution in [0.2, 0.25) is 0 Å². The molecular formula is C14H20BrN3O2. The third-order valence-electron chi connectivity index (χ3n) is 3.89. The van der Waals surface area contributed by atoms with Crippen LogP contribution in [0.1, 0.15) is 19.8 Å². The van der Waals surface area contributed by atoms with Gasteiger partial charge in [0.15, 0.2) is 0 Å². The molecule has 0 saturated carbocycles. The largest absolute Gasteiger partial charge is 0.379 e. The van der Waals surface area contributed by atoms with Gasteiger partial charge in [0.2, 0.25) is 0 Å². The van der Waals surface area contributed by atoms with Crippen molar-refractivity contribution in [1.29, 1.82) is 0 Å². The number of halogens is 1. The van der Waals surface area contributed by atoms with Gasteiger partial charge < -0.3 is 10.2 Å². The fraction of sp³-hybridized carbons (Fsp3) is 0.571. The quantitative estimate of drug-likeness (QED) is 0.657. The minimum Gasteiger partial charge on any atom is -0.379 e. The minimum atomic E-state index is -0.340. The van der Waals surface area contributed by atoms with Crippen molar-refractivity contribution < 1.29 is 4.92 Å². The minimum absolute atomic E-state index is 0.130. The third-order valence-corrected chi connectivity index (χ3v) is 4.39. The Labute approximate surface area is 127 Å². The summed E-state index contributed by atoms with van der Waals surface area (Å²) in [5.41, 5.74) is 0.737. The van der Waals surface area contributed by atoms with Crippen molar-refractivity contribution in [3.63, 3.8) is 0 Å². The highest BCUT2D eigenvalue weighted by Gasteiger charge is 2.19. The van der Waals surface area contributed by atoms with Crippen molar-refractivity contribution in [1.82, 2.24) is 4.90 Å². The highest BCUT2D eigenvalue weighted by atomic mass is 79.9. The molecular weight excluding hydrogens is 322 g/mol. The van der Waals surface area contributed by atoms with Crippen LogP contribution >= 0.6 is 15.9 Å². The van der Waals surface area contributed by atoms with Crippen LogP contribution in [0.3, 0.4) is 0 Å². The van der Waals surface area contributed by atoms with Crippen molar-refractivity contribution in [2.24, 2.45) is 5.92 Å². The van der Waals surface area contributed by atoms with Gasteiger partial charge in [-0.25, -0.2) is 0 Å². The normalized spacial score (nSPS) is 17.1. The summed E-state index contributed by atoms with van der Waals surface area (Å²) >= 11 is 3.27. The molecule has 0 atom stereocenters. The Hall–Kier alpha value is -1.14. The van der Waals surface area contributed by atoms with Crippen LogP contribution < -0.4 is 5.32 Å². The van der Waals surface area contributed by atoms with E-state index in [2.05, 4.69) is 33.1 Å². The van der Waals surface area contributed by atoms with Gasteiger partial charge in [-0.05, 0) is 50.5 Å². The zero-order valence-electron chi connectivity index (χ0n) is 11.6. The number of benzene rings is 1. The standard InChI is InChI=1S/C14H20BrN3O2/c1-2-17-7-5-11(6-8-17)10-16-13-4-3-12(15)9-14(13)18(19)20/h3-4,9,11,16H,2,5-8,10H2,1H3. The number of piperidine rings is 1. The molecule has 6 heteroatoms. The van der Waals surface area contributed by atoms with Crippen molar-refractivity contribution in [3.8, 4) is 0 Å². The van der Waals surface area contributed by atoms with E-state index in [0.717, 1.165) is 43.5 Å². The first-order chi connectivity index (χ1) is 9.60. The summed E-state index contributed by atoms with van der Waals surface area (Å²) in [5, 5.41) is 14.3. The van der Waals surface area contributed by atoms with Crippen molar-refractivity contribution in [2.75, 3.05) is 31.5 Å². The molecule has 1 aromatic carbocycles. The lowest BCUT2D eigenvalue weighted by Gasteiger charge is -2.31. The maximum atomic E-state index is 11.0. The molecule has 110 valence electrons. The molecule has 1 saturated heterocycles. The molecule has 0 bridgehead atoms. The maximum Gasteiger partial charge on any atom is 0.293 e. The Bertz CT molecular complexity index is 473. The van der Waals surface area contributed by atoms with E-state index in [9.17, 15) is 10.1 Å². The number of anilines is 1. The van der Waals surface area contributed by atoms with E-state index in [1.807, 2.05) is 6.07 Å². The molecule has 0 aliphatic carbocycles. The van der Waals surface area contributed by atoms with Gasteiger partial charge in [-0.1, -0.05) is 22.9 Å². The lowest BCUT2D eigenvalue weighted by Crippen LogP contribution is -2.35. The number of nitro benzene ring substituents is 1. The van der Waals surface area contributed by atoms with Crippen LogP contribution in [0.15, 0.2) is 22.7 Å². The summed E-state index contributed by atoms with van der Waals surface area (Å²) in [5.74, 6) is 0.598. The molecule has 1 fully saturated rings. The molecule has 1 aliphatic rings. The number of hydrogen-bond acceptors (Lipinski definition) is 4. The van der Waals surface area contributed by atoms with E-state index >= 15 is 0 Å². The molecule has 0 aromatic heterocycles. The predicted molar refractivity (Wildman–Crippen MR) is 84.1 cm³/mol.